The van der Waals surface area contributed by atoms with Gasteiger partial charge >= 0.3 is 0 Å². The van der Waals surface area contributed by atoms with Crippen molar-refractivity contribution in [3.63, 3.8) is 0 Å². The maximum absolute atomic E-state index is 11.1. The average molecular weight is 309 g/mol. The summed E-state index contributed by atoms with van der Waals surface area (Å²) >= 11 is 0. The van der Waals surface area contributed by atoms with Crippen LogP contribution in [0, 0.1) is 0 Å². The van der Waals surface area contributed by atoms with Gasteiger partial charge in [0.1, 0.15) is 5.75 Å². The van der Waals surface area contributed by atoms with Crippen LogP contribution < -0.4 is 10.3 Å². The molecule has 1 aliphatic carbocycles. The third-order valence-electron chi connectivity index (χ3n) is 4.27. The van der Waals surface area contributed by atoms with E-state index >= 15 is 0 Å². The largest absolute Gasteiger partial charge is 0.497 e. The van der Waals surface area contributed by atoms with Gasteiger partial charge in [0, 0.05) is 17.8 Å². The van der Waals surface area contributed by atoms with Gasteiger partial charge in [-0.1, -0.05) is 17.3 Å². The van der Waals surface area contributed by atoms with Crippen molar-refractivity contribution < 1.29 is 9.26 Å². The van der Waals surface area contributed by atoms with Crippen LogP contribution in [0.3, 0.4) is 0 Å². The van der Waals surface area contributed by atoms with Crippen LogP contribution in [-0.4, -0.2) is 22.2 Å². The van der Waals surface area contributed by atoms with Gasteiger partial charge in [0.05, 0.1) is 12.5 Å². The number of methoxy groups -OCH3 is 1. The smallest absolute Gasteiger partial charge is 0.247 e. The fourth-order valence-electron chi connectivity index (χ4n) is 2.75. The van der Waals surface area contributed by atoms with Crippen LogP contribution in [0.15, 0.2) is 51.9 Å². The van der Waals surface area contributed by atoms with E-state index in [1.54, 1.807) is 19.4 Å². The van der Waals surface area contributed by atoms with E-state index in [1.807, 2.05) is 24.3 Å². The predicted octanol–water partition coefficient (Wildman–Crippen LogP) is 2.51. The van der Waals surface area contributed by atoms with Gasteiger partial charge in [-0.2, -0.15) is 4.98 Å². The van der Waals surface area contributed by atoms with Crippen molar-refractivity contribution in [1.29, 1.82) is 0 Å². The van der Waals surface area contributed by atoms with Crippen molar-refractivity contribution in [2.75, 3.05) is 7.11 Å². The average Bonchev–Trinajstić information content (AvgIpc) is 3.26. The number of benzene rings is 1. The van der Waals surface area contributed by atoms with Crippen LogP contribution in [0.2, 0.25) is 0 Å². The van der Waals surface area contributed by atoms with Crippen molar-refractivity contribution in [3.05, 3.63) is 64.4 Å². The Morgan fingerprint density at radius 3 is 2.57 bits per heavy atom. The van der Waals surface area contributed by atoms with Gasteiger partial charge in [-0.05, 0) is 36.6 Å². The number of hydrogen-bond donors (Lipinski definition) is 1. The zero-order chi connectivity index (χ0) is 15.9. The summed E-state index contributed by atoms with van der Waals surface area (Å²) in [5, 5.41) is 4.05. The van der Waals surface area contributed by atoms with E-state index in [0.717, 1.165) is 29.7 Å². The standard InChI is InChI=1S/C17H15N3O3/c1-22-13-5-3-12(4-6-13)17(8-9-17)16-19-15(20-23-16)11-2-7-14(21)18-10-11/h2-7,10H,8-9H2,1H3,(H,18,21). The first-order valence-electron chi connectivity index (χ1n) is 7.39. The van der Waals surface area contributed by atoms with Crippen molar-refractivity contribution in [2.24, 2.45) is 0 Å². The van der Waals surface area contributed by atoms with E-state index in [9.17, 15) is 4.79 Å². The SMILES string of the molecule is COc1ccc(C2(c3nc(-c4ccc(=O)[nH]c4)no3)CC2)cc1. The number of nitrogens with zero attached hydrogens (tertiary/aromatic N) is 2. The van der Waals surface area contributed by atoms with E-state index in [-0.39, 0.29) is 11.0 Å². The minimum atomic E-state index is -0.195. The highest BCUT2D eigenvalue weighted by Crippen LogP contribution is 2.53. The molecule has 2 aromatic heterocycles. The van der Waals surface area contributed by atoms with Gasteiger partial charge < -0.3 is 14.2 Å². The fraction of sp³-hybridized carbons (Fsp3) is 0.235. The summed E-state index contributed by atoms with van der Waals surface area (Å²) in [6.07, 6.45) is 3.54. The number of ether oxygens (including phenoxy) is 1. The molecule has 0 amide bonds. The molecule has 6 heteroatoms. The Labute approximate surface area is 132 Å². The molecule has 4 rings (SSSR count). The molecule has 1 fully saturated rings. The van der Waals surface area contributed by atoms with Gasteiger partial charge in [-0.3, -0.25) is 4.79 Å². The Bertz CT molecular complexity index is 871. The molecule has 0 unspecified atom stereocenters. The molecular formula is C17H15N3O3. The van der Waals surface area contributed by atoms with Crippen LogP contribution in [0.5, 0.6) is 5.75 Å². The molecule has 1 N–H and O–H groups in total. The first-order valence-corrected chi connectivity index (χ1v) is 7.39. The number of rotatable bonds is 4. The number of aromatic amines is 1. The van der Waals surface area contributed by atoms with Crippen molar-refractivity contribution in [1.82, 2.24) is 15.1 Å². The molecule has 1 aliphatic rings. The Hall–Kier alpha value is -2.89. The number of nitrogens with one attached hydrogen (secondary N) is 1. The van der Waals surface area contributed by atoms with E-state index in [0.29, 0.717) is 11.7 Å². The summed E-state index contributed by atoms with van der Waals surface area (Å²) in [4.78, 5) is 18.3. The second-order valence-electron chi connectivity index (χ2n) is 5.68. The molecule has 2 heterocycles. The lowest BCUT2D eigenvalue weighted by molar-refractivity contribution is 0.360. The molecule has 0 saturated heterocycles. The molecule has 0 aliphatic heterocycles. The zero-order valence-corrected chi connectivity index (χ0v) is 12.6. The molecule has 6 nitrogen and oxygen atoms in total. The molecule has 3 aromatic rings. The van der Waals surface area contributed by atoms with Gasteiger partial charge in [-0.15, -0.1) is 0 Å². The number of pyridine rings is 1. The van der Waals surface area contributed by atoms with E-state index < -0.39 is 0 Å². The number of aromatic nitrogens is 3. The summed E-state index contributed by atoms with van der Waals surface area (Å²) < 4.78 is 10.7. The van der Waals surface area contributed by atoms with E-state index in [1.165, 1.54) is 6.07 Å². The Balaban J connectivity index is 1.67. The van der Waals surface area contributed by atoms with Crippen LogP contribution in [0.25, 0.3) is 11.4 Å². The summed E-state index contributed by atoms with van der Waals surface area (Å²) in [7, 11) is 1.65. The number of hydrogen-bond acceptors (Lipinski definition) is 5. The monoisotopic (exact) mass is 309 g/mol. The molecule has 0 atom stereocenters. The van der Waals surface area contributed by atoms with Gasteiger partial charge in [0.25, 0.3) is 0 Å². The third kappa shape index (κ3) is 2.32. The lowest BCUT2D eigenvalue weighted by atomic mass is 9.96. The minimum absolute atomic E-state index is 0.158. The van der Waals surface area contributed by atoms with Crippen LogP contribution in [-0.2, 0) is 5.41 Å². The van der Waals surface area contributed by atoms with Crippen LogP contribution in [0.1, 0.15) is 24.3 Å². The molecule has 1 aromatic carbocycles. The normalized spacial score (nSPS) is 15.3. The van der Waals surface area contributed by atoms with Crippen LogP contribution >= 0.6 is 0 Å². The third-order valence-corrected chi connectivity index (χ3v) is 4.27. The highest BCUT2D eigenvalue weighted by molar-refractivity contribution is 5.53. The van der Waals surface area contributed by atoms with Crippen molar-refractivity contribution >= 4 is 0 Å². The van der Waals surface area contributed by atoms with E-state index in [4.69, 9.17) is 9.26 Å². The molecule has 0 bridgehead atoms. The van der Waals surface area contributed by atoms with E-state index in [2.05, 4.69) is 15.1 Å². The molecule has 116 valence electrons. The first kappa shape index (κ1) is 13.8. The summed E-state index contributed by atoms with van der Waals surface area (Å²) in [5.74, 6) is 1.92. The second-order valence-corrected chi connectivity index (χ2v) is 5.68. The summed E-state index contributed by atoms with van der Waals surface area (Å²) in [6.45, 7) is 0. The maximum atomic E-state index is 11.1. The summed E-state index contributed by atoms with van der Waals surface area (Å²) in [6, 6.07) is 11.1. The fourth-order valence-corrected chi connectivity index (χ4v) is 2.75. The summed E-state index contributed by atoms with van der Waals surface area (Å²) in [5.41, 5.74) is 1.52. The van der Waals surface area contributed by atoms with Crippen molar-refractivity contribution in [3.8, 4) is 17.1 Å². The highest BCUT2D eigenvalue weighted by atomic mass is 16.5. The molecule has 0 radical (unpaired) electrons. The zero-order valence-electron chi connectivity index (χ0n) is 12.6. The lowest BCUT2D eigenvalue weighted by Crippen LogP contribution is -2.09. The van der Waals surface area contributed by atoms with Crippen LogP contribution in [0.4, 0.5) is 0 Å². The number of H-pyrrole nitrogens is 1. The Morgan fingerprint density at radius 2 is 1.96 bits per heavy atom. The topological polar surface area (TPSA) is 81.0 Å². The predicted molar refractivity (Wildman–Crippen MR) is 83.4 cm³/mol. The molecule has 0 spiro atoms. The second kappa shape index (κ2) is 5.08. The highest BCUT2D eigenvalue weighted by Gasteiger charge is 2.51. The Kier molecular flexibility index (Phi) is 3.04. The lowest BCUT2D eigenvalue weighted by Gasteiger charge is -2.11. The molecule has 1 saturated carbocycles. The van der Waals surface area contributed by atoms with Gasteiger partial charge in [0.15, 0.2) is 0 Å². The van der Waals surface area contributed by atoms with Crippen molar-refractivity contribution in [2.45, 2.75) is 18.3 Å². The quantitative estimate of drug-likeness (QED) is 0.801. The maximum Gasteiger partial charge on any atom is 0.247 e. The van der Waals surface area contributed by atoms with Gasteiger partial charge in [-0.25, -0.2) is 0 Å². The molecular weight excluding hydrogens is 294 g/mol. The Morgan fingerprint density at radius 1 is 1.17 bits per heavy atom. The molecule has 23 heavy (non-hydrogen) atoms. The first-order chi connectivity index (χ1) is 11.2. The minimum Gasteiger partial charge on any atom is -0.497 e. The van der Waals surface area contributed by atoms with Gasteiger partial charge in [0.2, 0.25) is 17.3 Å².